The van der Waals surface area contributed by atoms with Gasteiger partial charge in [-0.25, -0.2) is 0 Å². The third-order valence-electron chi connectivity index (χ3n) is 6.23. The van der Waals surface area contributed by atoms with E-state index in [0.717, 1.165) is 32.4 Å². The maximum Gasteiger partial charge on any atom is 0.223 e. The molecule has 4 rings (SSSR count). The van der Waals surface area contributed by atoms with Crippen molar-refractivity contribution in [2.75, 3.05) is 13.1 Å². The van der Waals surface area contributed by atoms with E-state index in [9.17, 15) is 4.79 Å². The van der Waals surface area contributed by atoms with Crippen molar-refractivity contribution in [1.29, 1.82) is 0 Å². The van der Waals surface area contributed by atoms with Crippen molar-refractivity contribution >= 4 is 5.91 Å². The zero-order valence-electron chi connectivity index (χ0n) is 16.0. The number of carbonyl (C=O) groups is 1. The number of aryl methyl sites for hydroxylation is 1. The van der Waals surface area contributed by atoms with Gasteiger partial charge in [-0.1, -0.05) is 67.1 Å². The summed E-state index contributed by atoms with van der Waals surface area (Å²) >= 11 is 0. The summed E-state index contributed by atoms with van der Waals surface area (Å²) in [5.74, 6) is 0.761. The molecule has 3 nitrogen and oxygen atoms in total. The molecule has 2 aromatic carbocycles. The first kappa shape index (κ1) is 18.2. The van der Waals surface area contributed by atoms with E-state index in [-0.39, 0.29) is 6.04 Å². The number of nitrogens with zero attached hydrogens (tertiary/aromatic N) is 1. The number of rotatable bonds is 4. The zero-order chi connectivity index (χ0) is 18.5. The van der Waals surface area contributed by atoms with E-state index in [1.165, 1.54) is 24.0 Å². The minimum absolute atomic E-state index is 0.284. The topological polar surface area (TPSA) is 32.3 Å². The molecular formula is C24H30N2O. The lowest BCUT2D eigenvalue weighted by atomic mass is 9.80. The van der Waals surface area contributed by atoms with Gasteiger partial charge in [0.15, 0.2) is 0 Å². The molecule has 2 fully saturated rings. The molecule has 142 valence electrons. The molecule has 27 heavy (non-hydrogen) atoms. The summed E-state index contributed by atoms with van der Waals surface area (Å²) in [4.78, 5) is 15.5. The number of amides is 1. The van der Waals surface area contributed by atoms with Crippen LogP contribution in [-0.4, -0.2) is 36.0 Å². The van der Waals surface area contributed by atoms with Gasteiger partial charge in [-0.15, -0.1) is 0 Å². The summed E-state index contributed by atoms with van der Waals surface area (Å²) in [7, 11) is 0. The van der Waals surface area contributed by atoms with Crippen LogP contribution in [-0.2, 0) is 11.2 Å². The van der Waals surface area contributed by atoms with Gasteiger partial charge in [0.05, 0.1) is 6.04 Å². The molecule has 0 unspecified atom stereocenters. The standard InChI is InChI=1S/C24H30N2O/c27-23(15-14-19-9-3-1-4-10-19)26-18-8-7-13-22-24(26)21(16-17-25-22)20-11-5-2-6-12-20/h1-6,9-12,21-22,24-25H,7-8,13-18H2/t21-,22-,24-/m1/s1. The van der Waals surface area contributed by atoms with Crippen molar-refractivity contribution in [2.24, 2.45) is 0 Å². The molecular weight excluding hydrogens is 332 g/mol. The molecule has 2 aliphatic rings. The van der Waals surface area contributed by atoms with Crippen LogP contribution in [0.2, 0.25) is 0 Å². The van der Waals surface area contributed by atoms with Crippen molar-refractivity contribution < 1.29 is 4.79 Å². The summed E-state index contributed by atoms with van der Waals surface area (Å²) in [6, 6.07) is 21.9. The van der Waals surface area contributed by atoms with Crippen molar-refractivity contribution in [3.05, 3.63) is 71.8 Å². The number of likely N-dealkylation sites (tertiary alicyclic amines) is 1. The van der Waals surface area contributed by atoms with Crippen LogP contribution in [0.5, 0.6) is 0 Å². The predicted molar refractivity (Wildman–Crippen MR) is 110 cm³/mol. The monoisotopic (exact) mass is 362 g/mol. The number of hydrogen-bond acceptors (Lipinski definition) is 2. The van der Waals surface area contributed by atoms with E-state index in [2.05, 4.69) is 64.8 Å². The van der Waals surface area contributed by atoms with Crippen molar-refractivity contribution in [1.82, 2.24) is 10.2 Å². The third kappa shape index (κ3) is 4.24. The van der Waals surface area contributed by atoms with Crippen LogP contribution in [0.3, 0.4) is 0 Å². The molecule has 1 N–H and O–H groups in total. The number of fused-ring (bicyclic) bond motifs is 1. The average Bonchev–Trinajstić information content (AvgIpc) is 2.96. The SMILES string of the molecule is O=C(CCc1ccccc1)N1CCCC[C@H]2NCC[C@H](c3ccccc3)[C@H]21. The Balaban J connectivity index is 1.54. The average molecular weight is 363 g/mol. The fraction of sp³-hybridized carbons (Fsp3) is 0.458. The van der Waals surface area contributed by atoms with Gasteiger partial charge < -0.3 is 10.2 Å². The van der Waals surface area contributed by atoms with Gasteiger partial charge in [0, 0.05) is 24.9 Å². The summed E-state index contributed by atoms with van der Waals surface area (Å²) in [6.45, 7) is 1.95. The molecule has 0 aliphatic carbocycles. The van der Waals surface area contributed by atoms with E-state index in [1.54, 1.807) is 0 Å². The van der Waals surface area contributed by atoms with Crippen LogP contribution in [0, 0.1) is 0 Å². The van der Waals surface area contributed by atoms with Gasteiger partial charge in [0.1, 0.15) is 0 Å². The number of piperidine rings is 1. The Morgan fingerprint density at radius 1 is 0.963 bits per heavy atom. The van der Waals surface area contributed by atoms with Crippen molar-refractivity contribution in [3.63, 3.8) is 0 Å². The van der Waals surface area contributed by atoms with E-state index in [0.29, 0.717) is 24.3 Å². The first-order valence-corrected chi connectivity index (χ1v) is 10.4. The Kier molecular flexibility index (Phi) is 5.88. The molecule has 2 aliphatic heterocycles. The van der Waals surface area contributed by atoms with Crippen LogP contribution >= 0.6 is 0 Å². The second-order valence-electron chi connectivity index (χ2n) is 7.93. The second kappa shape index (κ2) is 8.71. The predicted octanol–water partition coefficient (Wildman–Crippen LogP) is 4.15. The largest absolute Gasteiger partial charge is 0.338 e. The molecule has 3 atom stereocenters. The number of nitrogens with one attached hydrogen (secondary N) is 1. The maximum atomic E-state index is 13.3. The summed E-state index contributed by atoms with van der Waals surface area (Å²) in [5.41, 5.74) is 2.63. The summed E-state index contributed by atoms with van der Waals surface area (Å²) < 4.78 is 0. The minimum atomic E-state index is 0.284. The van der Waals surface area contributed by atoms with Crippen LogP contribution in [0.25, 0.3) is 0 Å². The van der Waals surface area contributed by atoms with Crippen molar-refractivity contribution in [3.8, 4) is 0 Å². The summed E-state index contributed by atoms with van der Waals surface area (Å²) in [5, 5.41) is 3.73. The van der Waals surface area contributed by atoms with E-state index < -0.39 is 0 Å². The highest BCUT2D eigenvalue weighted by atomic mass is 16.2. The maximum absolute atomic E-state index is 13.3. The Labute approximate surface area is 162 Å². The van der Waals surface area contributed by atoms with Crippen LogP contribution in [0.1, 0.15) is 49.1 Å². The lowest BCUT2D eigenvalue weighted by Crippen LogP contribution is -2.57. The van der Waals surface area contributed by atoms with Gasteiger partial charge in [0.25, 0.3) is 0 Å². The molecule has 1 amide bonds. The molecule has 3 heteroatoms. The highest BCUT2D eigenvalue weighted by molar-refractivity contribution is 5.77. The normalized spacial score (nSPS) is 25.5. The molecule has 0 saturated carbocycles. The van der Waals surface area contributed by atoms with Gasteiger partial charge in [-0.3, -0.25) is 4.79 Å². The van der Waals surface area contributed by atoms with Crippen LogP contribution in [0.15, 0.2) is 60.7 Å². The second-order valence-corrected chi connectivity index (χ2v) is 7.93. The Bertz CT molecular complexity index is 731. The molecule has 2 heterocycles. The minimum Gasteiger partial charge on any atom is -0.338 e. The fourth-order valence-electron chi connectivity index (χ4n) is 4.89. The molecule has 0 spiro atoms. The lowest BCUT2D eigenvalue weighted by Gasteiger charge is -2.44. The number of carbonyl (C=O) groups excluding carboxylic acids is 1. The molecule has 2 saturated heterocycles. The highest BCUT2D eigenvalue weighted by Crippen LogP contribution is 2.35. The summed E-state index contributed by atoms with van der Waals surface area (Å²) in [6.07, 6.45) is 6.04. The molecule has 0 bridgehead atoms. The van der Waals surface area contributed by atoms with Crippen LogP contribution < -0.4 is 5.32 Å². The van der Waals surface area contributed by atoms with E-state index in [4.69, 9.17) is 0 Å². The van der Waals surface area contributed by atoms with Gasteiger partial charge in [-0.2, -0.15) is 0 Å². The third-order valence-corrected chi connectivity index (χ3v) is 6.23. The lowest BCUT2D eigenvalue weighted by molar-refractivity contribution is -0.135. The molecule has 2 aromatic rings. The molecule has 0 radical (unpaired) electrons. The first-order valence-electron chi connectivity index (χ1n) is 10.4. The Morgan fingerprint density at radius 2 is 1.70 bits per heavy atom. The van der Waals surface area contributed by atoms with Gasteiger partial charge >= 0.3 is 0 Å². The van der Waals surface area contributed by atoms with E-state index in [1.807, 2.05) is 6.07 Å². The van der Waals surface area contributed by atoms with Gasteiger partial charge in [0.2, 0.25) is 5.91 Å². The van der Waals surface area contributed by atoms with Gasteiger partial charge in [-0.05, 0) is 43.4 Å². The Morgan fingerprint density at radius 3 is 2.48 bits per heavy atom. The quantitative estimate of drug-likeness (QED) is 0.886. The smallest absolute Gasteiger partial charge is 0.223 e. The molecule has 0 aromatic heterocycles. The zero-order valence-corrected chi connectivity index (χ0v) is 16.0. The van der Waals surface area contributed by atoms with Crippen molar-refractivity contribution in [2.45, 2.75) is 56.5 Å². The number of hydrogen-bond donors (Lipinski definition) is 1. The first-order chi connectivity index (χ1) is 13.3. The fourth-order valence-corrected chi connectivity index (χ4v) is 4.89. The van der Waals surface area contributed by atoms with E-state index >= 15 is 0 Å². The number of benzene rings is 2. The van der Waals surface area contributed by atoms with Crippen LogP contribution in [0.4, 0.5) is 0 Å². The Hall–Kier alpha value is -2.13. The highest BCUT2D eigenvalue weighted by Gasteiger charge is 2.40.